The number of nitrogens with zero attached hydrogens (tertiary/aromatic N) is 3. The highest BCUT2D eigenvalue weighted by atomic mass is 16.5. The van der Waals surface area contributed by atoms with Crippen molar-refractivity contribution in [3.8, 4) is 22.5 Å². The Morgan fingerprint density at radius 2 is 1.60 bits per heavy atom. The number of ether oxygens (including phenoxy) is 1. The summed E-state index contributed by atoms with van der Waals surface area (Å²) in [5, 5.41) is 12.1. The largest absolute Gasteiger partial charge is 0.391 e. The van der Waals surface area contributed by atoms with Crippen LogP contribution >= 0.6 is 0 Å². The molecule has 9 nitrogen and oxygen atoms in total. The van der Waals surface area contributed by atoms with Crippen LogP contribution in [0.1, 0.15) is 22.8 Å². The number of carbonyl (C=O) groups excluding carboxylic acids is 2. The zero-order chi connectivity index (χ0) is 24.8. The predicted octanol–water partition coefficient (Wildman–Crippen LogP) is 1.61. The lowest BCUT2D eigenvalue weighted by Gasteiger charge is -2.26. The van der Waals surface area contributed by atoms with Gasteiger partial charge in [0.25, 0.3) is 5.91 Å². The van der Waals surface area contributed by atoms with Crippen LogP contribution in [0, 0.1) is 0 Å². The molecule has 0 bridgehead atoms. The van der Waals surface area contributed by atoms with E-state index < -0.39 is 24.0 Å². The van der Waals surface area contributed by atoms with Crippen LogP contribution in [0.5, 0.6) is 0 Å². The number of hydrogen-bond donors (Lipinski definition) is 3. The lowest BCUT2D eigenvalue weighted by molar-refractivity contribution is -0.122. The van der Waals surface area contributed by atoms with Crippen molar-refractivity contribution in [2.24, 2.45) is 5.73 Å². The second kappa shape index (κ2) is 11.2. The number of aliphatic hydroxyl groups excluding tert-OH is 1. The smallest absolute Gasteiger partial charge is 0.252 e. The highest BCUT2D eigenvalue weighted by Crippen LogP contribution is 2.22. The van der Waals surface area contributed by atoms with Gasteiger partial charge in [-0.15, -0.1) is 0 Å². The summed E-state index contributed by atoms with van der Waals surface area (Å²) >= 11 is 0. The topological polar surface area (TPSA) is 131 Å². The second-order valence-electron chi connectivity index (χ2n) is 8.55. The average Bonchev–Trinajstić information content (AvgIpc) is 2.88. The number of aliphatic hydroxyl groups is 1. The molecule has 2 atom stereocenters. The fourth-order valence-corrected chi connectivity index (χ4v) is 3.87. The van der Waals surface area contributed by atoms with Crippen molar-refractivity contribution in [1.82, 2.24) is 20.2 Å². The SMILES string of the molecule is C[C@@H](O)[C@H](NC(=O)c1ccc(-c2cnc(-c3ccc(CN4CCOCC4)cc3)nc2)cc1)C(N)=O. The molecule has 2 amide bonds. The van der Waals surface area contributed by atoms with E-state index >= 15 is 0 Å². The van der Waals surface area contributed by atoms with Gasteiger partial charge in [-0.3, -0.25) is 14.5 Å². The average molecular weight is 476 g/mol. The highest BCUT2D eigenvalue weighted by molar-refractivity contribution is 5.97. The minimum atomic E-state index is -1.16. The molecular weight excluding hydrogens is 446 g/mol. The van der Waals surface area contributed by atoms with E-state index in [4.69, 9.17) is 10.5 Å². The van der Waals surface area contributed by atoms with Gasteiger partial charge in [-0.2, -0.15) is 0 Å². The number of carbonyl (C=O) groups is 2. The molecule has 2 heterocycles. The number of amides is 2. The molecule has 4 N–H and O–H groups in total. The number of morpholine rings is 1. The van der Waals surface area contributed by atoms with Gasteiger partial charge in [-0.25, -0.2) is 9.97 Å². The van der Waals surface area contributed by atoms with Crippen molar-refractivity contribution in [1.29, 1.82) is 0 Å². The van der Waals surface area contributed by atoms with E-state index in [2.05, 4.69) is 32.3 Å². The fraction of sp³-hybridized carbons (Fsp3) is 0.308. The fourth-order valence-electron chi connectivity index (χ4n) is 3.87. The molecule has 0 aliphatic carbocycles. The number of benzene rings is 2. The van der Waals surface area contributed by atoms with Gasteiger partial charge in [0, 0.05) is 48.7 Å². The Kier molecular flexibility index (Phi) is 7.81. The van der Waals surface area contributed by atoms with E-state index in [-0.39, 0.29) is 0 Å². The summed E-state index contributed by atoms with van der Waals surface area (Å²) in [5.41, 5.74) is 9.41. The number of aromatic nitrogens is 2. The van der Waals surface area contributed by atoms with E-state index in [0.29, 0.717) is 11.4 Å². The maximum Gasteiger partial charge on any atom is 0.252 e. The maximum atomic E-state index is 12.4. The normalized spacial score (nSPS) is 15.8. The van der Waals surface area contributed by atoms with Gasteiger partial charge < -0.3 is 20.9 Å². The third kappa shape index (κ3) is 6.27. The highest BCUT2D eigenvalue weighted by Gasteiger charge is 2.23. The molecule has 0 unspecified atom stereocenters. The Bertz CT molecular complexity index is 1140. The molecule has 1 saturated heterocycles. The standard InChI is InChI=1S/C26H29N5O4/c1-17(32)23(24(27)33)30-26(34)21-8-6-19(7-9-21)22-14-28-25(29-15-22)20-4-2-18(3-5-20)16-31-10-12-35-13-11-31/h2-9,14-15,17,23,32H,10-13,16H2,1H3,(H2,27,33)(H,30,34)/t17-,23+/m1/s1. The number of nitrogens with one attached hydrogen (secondary N) is 1. The summed E-state index contributed by atoms with van der Waals surface area (Å²) in [7, 11) is 0. The van der Waals surface area contributed by atoms with Crippen LogP contribution in [0.25, 0.3) is 22.5 Å². The van der Waals surface area contributed by atoms with Crippen LogP contribution in [0.3, 0.4) is 0 Å². The van der Waals surface area contributed by atoms with E-state index in [0.717, 1.165) is 49.5 Å². The van der Waals surface area contributed by atoms with Gasteiger partial charge in [0.2, 0.25) is 5.91 Å². The second-order valence-corrected chi connectivity index (χ2v) is 8.55. The minimum Gasteiger partial charge on any atom is -0.391 e. The van der Waals surface area contributed by atoms with E-state index in [1.807, 2.05) is 12.1 Å². The van der Waals surface area contributed by atoms with Gasteiger partial charge in [0.15, 0.2) is 5.82 Å². The van der Waals surface area contributed by atoms with E-state index in [1.165, 1.54) is 12.5 Å². The van der Waals surface area contributed by atoms with Crippen LogP contribution in [0.2, 0.25) is 0 Å². The quantitative estimate of drug-likeness (QED) is 0.451. The molecule has 1 aliphatic rings. The Hall–Kier alpha value is -3.66. The molecule has 0 radical (unpaired) electrons. The van der Waals surface area contributed by atoms with Crippen molar-refractivity contribution in [3.05, 3.63) is 72.1 Å². The van der Waals surface area contributed by atoms with Crippen LogP contribution in [0.15, 0.2) is 60.9 Å². The van der Waals surface area contributed by atoms with Gasteiger partial charge >= 0.3 is 0 Å². The Morgan fingerprint density at radius 1 is 1.00 bits per heavy atom. The van der Waals surface area contributed by atoms with Gasteiger partial charge in [0.05, 0.1) is 19.3 Å². The number of rotatable bonds is 8. The van der Waals surface area contributed by atoms with Crippen molar-refractivity contribution >= 4 is 11.8 Å². The van der Waals surface area contributed by atoms with Crippen molar-refractivity contribution in [2.45, 2.75) is 25.6 Å². The summed E-state index contributed by atoms with van der Waals surface area (Å²) < 4.78 is 5.40. The Balaban J connectivity index is 1.39. The van der Waals surface area contributed by atoms with Gasteiger partial charge in [0.1, 0.15) is 6.04 Å². The molecule has 4 rings (SSSR count). The molecule has 2 aromatic carbocycles. The summed E-state index contributed by atoms with van der Waals surface area (Å²) in [6.07, 6.45) is 2.40. The lowest BCUT2D eigenvalue weighted by atomic mass is 10.1. The number of hydrogen-bond acceptors (Lipinski definition) is 7. The van der Waals surface area contributed by atoms with Crippen LogP contribution in [0.4, 0.5) is 0 Å². The van der Waals surface area contributed by atoms with E-state index in [1.54, 1.807) is 36.7 Å². The summed E-state index contributed by atoms with van der Waals surface area (Å²) in [6.45, 7) is 5.77. The molecule has 1 aliphatic heterocycles. The summed E-state index contributed by atoms with van der Waals surface area (Å²) in [4.78, 5) is 35.2. The number of primary amides is 1. The number of nitrogens with two attached hydrogens (primary N) is 1. The Labute approximate surface area is 204 Å². The van der Waals surface area contributed by atoms with Gasteiger partial charge in [-0.05, 0) is 30.2 Å². The first-order valence-electron chi connectivity index (χ1n) is 11.5. The first-order valence-corrected chi connectivity index (χ1v) is 11.5. The Morgan fingerprint density at radius 3 is 2.17 bits per heavy atom. The molecule has 0 spiro atoms. The van der Waals surface area contributed by atoms with Crippen LogP contribution < -0.4 is 11.1 Å². The molecule has 0 saturated carbocycles. The molecule has 1 aromatic heterocycles. The summed E-state index contributed by atoms with van der Waals surface area (Å²) in [5.74, 6) is -0.655. The monoisotopic (exact) mass is 475 g/mol. The van der Waals surface area contributed by atoms with Gasteiger partial charge in [-0.1, -0.05) is 36.4 Å². The first-order chi connectivity index (χ1) is 16.9. The minimum absolute atomic E-state index is 0.343. The molecule has 35 heavy (non-hydrogen) atoms. The van der Waals surface area contributed by atoms with Crippen LogP contribution in [-0.4, -0.2) is 70.2 Å². The molecule has 9 heteroatoms. The molecular formula is C26H29N5O4. The zero-order valence-corrected chi connectivity index (χ0v) is 19.6. The third-order valence-corrected chi connectivity index (χ3v) is 5.93. The molecule has 3 aromatic rings. The first kappa shape index (κ1) is 24.5. The van der Waals surface area contributed by atoms with Crippen LogP contribution in [-0.2, 0) is 16.1 Å². The lowest BCUT2D eigenvalue weighted by Crippen LogP contribution is -2.50. The maximum absolute atomic E-state index is 12.4. The summed E-state index contributed by atoms with van der Waals surface area (Å²) in [6, 6.07) is 13.9. The van der Waals surface area contributed by atoms with E-state index in [9.17, 15) is 14.7 Å². The molecule has 1 fully saturated rings. The van der Waals surface area contributed by atoms with Crippen molar-refractivity contribution in [2.75, 3.05) is 26.3 Å². The third-order valence-electron chi connectivity index (χ3n) is 5.93. The predicted molar refractivity (Wildman–Crippen MR) is 131 cm³/mol. The zero-order valence-electron chi connectivity index (χ0n) is 19.6. The molecule has 182 valence electrons. The van der Waals surface area contributed by atoms with Crippen molar-refractivity contribution < 1.29 is 19.4 Å². The van der Waals surface area contributed by atoms with Crippen molar-refractivity contribution in [3.63, 3.8) is 0 Å².